The zero-order valence-corrected chi connectivity index (χ0v) is 14.3. The van der Waals surface area contributed by atoms with Crippen LogP contribution in [0.4, 0.5) is 0 Å². The van der Waals surface area contributed by atoms with Gasteiger partial charge in [0.05, 0.1) is 16.3 Å². The number of nitriles is 1. The first-order valence-electron chi connectivity index (χ1n) is 9.12. The van der Waals surface area contributed by atoms with Crippen LogP contribution in [0.1, 0.15) is 43.7 Å². The van der Waals surface area contributed by atoms with E-state index in [9.17, 15) is 10.1 Å². The fourth-order valence-electron chi connectivity index (χ4n) is 4.39. The van der Waals surface area contributed by atoms with E-state index in [1.165, 1.54) is 19.3 Å². The molecule has 5 nitrogen and oxygen atoms in total. The summed E-state index contributed by atoms with van der Waals surface area (Å²) in [5, 5.41) is 12.7. The van der Waals surface area contributed by atoms with Crippen LogP contribution in [0.2, 0.25) is 0 Å². The Morgan fingerprint density at radius 2 is 1.92 bits per heavy atom. The molecule has 4 aromatic rings. The van der Waals surface area contributed by atoms with Crippen molar-refractivity contribution in [1.82, 2.24) is 14.5 Å². The molecule has 5 rings (SSSR count). The minimum atomic E-state index is -0.163. The Hall–Kier alpha value is -3.13. The Labute approximate surface area is 149 Å². The second kappa shape index (κ2) is 5.70. The first kappa shape index (κ1) is 15.2. The number of nitrogens with zero attached hydrogens (tertiary/aromatic N) is 3. The second-order valence-electron chi connectivity index (χ2n) is 7.10. The predicted molar refractivity (Wildman–Crippen MR) is 102 cm³/mol. The van der Waals surface area contributed by atoms with Crippen LogP contribution in [-0.4, -0.2) is 14.5 Å². The molecular weight excluding hydrogens is 324 g/mol. The number of aromatic nitrogens is 3. The van der Waals surface area contributed by atoms with Crippen molar-refractivity contribution in [3.8, 4) is 6.07 Å². The Balaban J connectivity index is 1.91. The van der Waals surface area contributed by atoms with E-state index in [2.05, 4.69) is 15.6 Å². The number of pyridine rings is 2. The molecule has 0 atom stereocenters. The normalized spacial score (nSPS) is 15.7. The molecule has 0 radical (unpaired) electrons. The molecular formula is C21H18N4O. The van der Waals surface area contributed by atoms with Gasteiger partial charge in [-0.3, -0.25) is 4.79 Å². The number of para-hydroxylation sites is 1. The summed E-state index contributed by atoms with van der Waals surface area (Å²) in [7, 11) is 0. The SMILES string of the molecule is N#Cc1cn(C2CCCCC2)c2ncc3c4ccccc4[nH]c(=O)c3c12. The molecule has 1 aromatic carbocycles. The lowest BCUT2D eigenvalue weighted by atomic mass is 9.95. The van der Waals surface area contributed by atoms with Gasteiger partial charge in [0.25, 0.3) is 5.56 Å². The average Bonchev–Trinajstić information content (AvgIpc) is 3.07. The molecule has 26 heavy (non-hydrogen) atoms. The van der Waals surface area contributed by atoms with Gasteiger partial charge in [-0.05, 0) is 18.9 Å². The van der Waals surface area contributed by atoms with Crippen LogP contribution in [0.15, 0.2) is 41.5 Å². The van der Waals surface area contributed by atoms with Crippen molar-refractivity contribution >= 4 is 32.7 Å². The van der Waals surface area contributed by atoms with Crippen LogP contribution in [-0.2, 0) is 0 Å². The van der Waals surface area contributed by atoms with E-state index in [-0.39, 0.29) is 5.56 Å². The molecule has 0 bridgehead atoms. The van der Waals surface area contributed by atoms with E-state index in [0.29, 0.717) is 22.4 Å². The first-order valence-corrected chi connectivity index (χ1v) is 9.12. The van der Waals surface area contributed by atoms with Gasteiger partial charge < -0.3 is 9.55 Å². The number of H-pyrrole nitrogens is 1. The fourth-order valence-corrected chi connectivity index (χ4v) is 4.39. The van der Waals surface area contributed by atoms with Crippen molar-refractivity contribution in [2.75, 3.05) is 0 Å². The Morgan fingerprint density at radius 1 is 1.12 bits per heavy atom. The predicted octanol–water partition coefficient (Wildman–Crippen LogP) is 4.41. The van der Waals surface area contributed by atoms with Gasteiger partial charge in [0.15, 0.2) is 0 Å². The smallest absolute Gasteiger partial charge is 0.257 e. The summed E-state index contributed by atoms with van der Waals surface area (Å²) >= 11 is 0. The molecule has 1 fully saturated rings. The number of hydrogen-bond acceptors (Lipinski definition) is 3. The molecule has 128 valence electrons. The van der Waals surface area contributed by atoms with Crippen LogP contribution in [0.25, 0.3) is 32.7 Å². The number of nitrogens with one attached hydrogen (secondary N) is 1. The molecule has 1 saturated carbocycles. The zero-order valence-electron chi connectivity index (χ0n) is 14.3. The maximum absolute atomic E-state index is 12.9. The lowest BCUT2D eigenvalue weighted by molar-refractivity contribution is 0.359. The van der Waals surface area contributed by atoms with Gasteiger partial charge in [0.1, 0.15) is 11.7 Å². The molecule has 3 heterocycles. The maximum atomic E-state index is 12.9. The van der Waals surface area contributed by atoms with Crippen molar-refractivity contribution in [1.29, 1.82) is 5.26 Å². The van der Waals surface area contributed by atoms with Gasteiger partial charge >= 0.3 is 0 Å². The summed E-state index contributed by atoms with van der Waals surface area (Å²) in [6.07, 6.45) is 9.54. The van der Waals surface area contributed by atoms with E-state index < -0.39 is 0 Å². The van der Waals surface area contributed by atoms with Crippen LogP contribution < -0.4 is 5.56 Å². The first-order chi connectivity index (χ1) is 12.8. The van der Waals surface area contributed by atoms with E-state index >= 15 is 0 Å². The molecule has 0 unspecified atom stereocenters. The number of fused-ring (bicyclic) bond motifs is 5. The molecule has 1 aliphatic carbocycles. The standard InChI is InChI=1S/C21H18N4O/c22-10-13-12-25(14-6-2-1-3-7-14)20-18(13)19-16(11-23-20)15-8-4-5-9-17(15)24-21(19)26/h4-5,8-9,11-12,14H,1-3,6-7H2,(H,24,26). The van der Waals surface area contributed by atoms with Crippen molar-refractivity contribution in [3.05, 3.63) is 52.6 Å². The largest absolute Gasteiger partial charge is 0.328 e. The molecule has 0 aliphatic heterocycles. The highest BCUT2D eigenvalue weighted by molar-refractivity contribution is 6.15. The maximum Gasteiger partial charge on any atom is 0.257 e. The van der Waals surface area contributed by atoms with Crippen molar-refractivity contribution < 1.29 is 0 Å². The Kier molecular flexibility index (Phi) is 3.32. The quantitative estimate of drug-likeness (QED) is 0.521. The summed E-state index contributed by atoms with van der Waals surface area (Å²) < 4.78 is 2.13. The molecule has 1 aliphatic rings. The molecule has 0 amide bonds. The van der Waals surface area contributed by atoms with E-state index in [4.69, 9.17) is 4.98 Å². The third-order valence-electron chi connectivity index (χ3n) is 5.62. The minimum absolute atomic E-state index is 0.163. The Morgan fingerprint density at radius 3 is 2.73 bits per heavy atom. The number of hydrogen-bond donors (Lipinski definition) is 1. The second-order valence-corrected chi connectivity index (χ2v) is 7.10. The van der Waals surface area contributed by atoms with Gasteiger partial charge in [-0.25, -0.2) is 4.98 Å². The lowest BCUT2D eigenvalue weighted by Gasteiger charge is -2.23. The summed E-state index contributed by atoms with van der Waals surface area (Å²) in [4.78, 5) is 20.5. The summed E-state index contributed by atoms with van der Waals surface area (Å²) in [5.41, 5.74) is 1.91. The minimum Gasteiger partial charge on any atom is -0.328 e. The molecule has 3 aromatic heterocycles. The molecule has 5 heteroatoms. The zero-order chi connectivity index (χ0) is 17.7. The fraction of sp³-hybridized carbons (Fsp3) is 0.286. The van der Waals surface area contributed by atoms with Gasteiger partial charge in [-0.1, -0.05) is 37.5 Å². The monoisotopic (exact) mass is 342 g/mol. The topological polar surface area (TPSA) is 74.5 Å². The summed E-state index contributed by atoms with van der Waals surface area (Å²) in [5.74, 6) is 0. The van der Waals surface area contributed by atoms with E-state index in [1.54, 1.807) is 6.20 Å². The molecule has 0 spiro atoms. The number of aromatic amines is 1. The van der Waals surface area contributed by atoms with Crippen LogP contribution in [0.5, 0.6) is 0 Å². The average molecular weight is 342 g/mol. The van der Waals surface area contributed by atoms with E-state index in [0.717, 1.165) is 34.8 Å². The van der Waals surface area contributed by atoms with Gasteiger partial charge in [0, 0.05) is 34.7 Å². The number of rotatable bonds is 1. The third kappa shape index (κ3) is 2.08. The molecule has 0 saturated heterocycles. The van der Waals surface area contributed by atoms with Gasteiger partial charge in [-0.2, -0.15) is 5.26 Å². The summed E-state index contributed by atoms with van der Waals surface area (Å²) in [6.45, 7) is 0. The lowest BCUT2D eigenvalue weighted by Crippen LogP contribution is -2.12. The van der Waals surface area contributed by atoms with Crippen molar-refractivity contribution in [2.24, 2.45) is 0 Å². The van der Waals surface area contributed by atoms with E-state index in [1.807, 2.05) is 30.5 Å². The highest BCUT2D eigenvalue weighted by Crippen LogP contribution is 2.35. The van der Waals surface area contributed by atoms with Gasteiger partial charge in [0.2, 0.25) is 0 Å². The highest BCUT2D eigenvalue weighted by Gasteiger charge is 2.22. The molecule has 1 N–H and O–H groups in total. The van der Waals surface area contributed by atoms with Crippen LogP contribution >= 0.6 is 0 Å². The van der Waals surface area contributed by atoms with Crippen molar-refractivity contribution in [3.63, 3.8) is 0 Å². The van der Waals surface area contributed by atoms with Crippen molar-refractivity contribution in [2.45, 2.75) is 38.1 Å². The van der Waals surface area contributed by atoms with Gasteiger partial charge in [-0.15, -0.1) is 0 Å². The highest BCUT2D eigenvalue weighted by atomic mass is 16.1. The number of benzene rings is 1. The van der Waals surface area contributed by atoms with Crippen LogP contribution in [0, 0.1) is 11.3 Å². The van der Waals surface area contributed by atoms with Crippen LogP contribution in [0.3, 0.4) is 0 Å². The third-order valence-corrected chi connectivity index (χ3v) is 5.62. The Bertz CT molecular complexity index is 1250. The summed E-state index contributed by atoms with van der Waals surface area (Å²) in [6, 6.07) is 10.4.